The normalized spacial score (nSPS) is 10.3. The Hall–Kier alpha value is -2.47. The zero-order valence-electron chi connectivity index (χ0n) is 15.7. The molecule has 0 fully saturated rings. The highest BCUT2D eigenvalue weighted by molar-refractivity contribution is 7.98. The van der Waals surface area contributed by atoms with Crippen LogP contribution in [0.15, 0.2) is 53.4 Å². The zero-order chi connectivity index (χ0) is 19.5. The van der Waals surface area contributed by atoms with Crippen LogP contribution < -0.4 is 10.1 Å². The molecule has 0 heterocycles. The van der Waals surface area contributed by atoms with Gasteiger partial charge in [0.05, 0.1) is 6.61 Å². The number of esters is 1. The number of carbonyl (C=O) groups is 2. The molecular formula is C21H25NO4S. The number of carbonyl (C=O) groups excluding carboxylic acids is 2. The van der Waals surface area contributed by atoms with Crippen LogP contribution in [-0.4, -0.2) is 31.3 Å². The van der Waals surface area contributed by atoms with Gasteiger partial charge in [0, 0.05) is 10.5 Å². The minimum absolute atomic E-state index is 0.170. The fourth-order valence-corrected chi connectivity index (χ4v) is 2.64. The van der Waals surface area contributed by atoms with E-state index >= 15 is 0 Å². The smallest absolute Gasteiger partial charge is 0.325 e. The third kappa shape index (κ3) is 7.35. The summed E-state index contributed by atoms with van der Waals surface area (Å²) in [6, 6.07) is 14.6. The second kappa shape index (κ2) is 11.3. The van der Waals surface area contributed by atoms with Gasteiger partial charge < -0.3 is 14.8 Å². The van der Waals surface area contributed by atoms with E-state index in [1.54, 1.807) is 36.0 Å². The molecule has 6 heteroatoms. The van der Waals surface area contributed by atoms with Crippen molar-refractivity contribution in [3.63, 3.8) is 0 Å². The maximum absolute atomic E-state index is 12.1. The minimum Gasteiger partial charge on any atom is -0.494 e. The molecule has 0 radical (unpaired) electrons. The molecule has 144 valence electrons. The molecule has 0 aliphatic carbocycles. The first-order valence-electron chi connectivity index (χ1n) is 8.92. The monoisotopic (exact) mass is 387 g/mol. The second-order valence-electron chi connectivity index (χ2n) is 5.92. The highest BCUT2D eigenvalue weighted by atomic mass is 32.2. The number of nitrogens with one attached hydrogen (secondary N) is 1. The number of hydrogen-bond donors (Lipinski definition) is 1. The minimum atomic E-state index is -0.475. The van der Waals surface area contributed by atoms with Crippen LogP contribution >= 0.6 is 11.8 Å². The standard InChI is InChI=1S/C21H25NO4S/c1-3-4-13-25-18-9-7-17(8-10-18)21(24)22-14-20(23)26-15-16-5-11-19(27-2)12-6-16/h5-12H,3-4,13-15H2,1-2H3,(H,22,24). The van der Waals surface area contributed by atoms with Crippen LogP contribution in [0.25, 0.3) is 0 Å². The summed E-state index contributed by atoms with van der Waals surface area (Å²) < 4.78 is 10.7. The van der Waals surface area contributed by atoms with E-state index in [2.05, 4.69) is 12.2 Å². The van der Waals surface area contributed by atoms with Gasteiger partial charge in [0.25, 0.3) is 5.91 Å². The average Bonchev–Trinajstić information content (AvgIpc) is 2.71. The van der Waals surface area contributed by atoms with Gasteiger partial charge in [-0.15, -0.1) is 11.8 Å². The SMILES string of the molecule is CCCCOc1ccc(C(=O)NCC(=O)OCc2ccc(SC)cc2)cc1. The maximum atomic E-state index is 12.1. The van der Waals surface area contributed by atoms with E-state index in [4.69, 9.17) is 9.47 Å². The number of benzene rings is 2. The molecule has 0 saturated carbocycles. The Kier molecular flexibility index (Phi) is 8.71. The number of thioether (sulfide) groups is 1. The summed E-state index contributed by atoms with van der Waals surface area (Å²) in [6.45, 7) is 2.78. The molecule has 0 aliphatic heterocycles. The van der Waals surface area contributed by atoms with E-state index in [1.165, 1.54) is 0 Å². The van der Waals surface area contributed by atoms with Crippen molar-refractivity contribution >= 4 is 23.6 Å². The highest BCUT2D eigenvalue weighted by Crippen LogP contribution is 2.15. The van der Waals surface area contributed by atoms with Crippen molar-refractivity contribution in [3.8, 4) is 5.75 Å². The highest BCUT2D eigenvalue weighted by Gasteiger charge is 2.09. The van der Waals surface area contributed by atoms with Crippen LogP contribution in [0.3, 0.4) is 0 Å². The lowest BCUT2D eigenvalue weighted by Gasteiger charge is -2.08. The molecule has 1 N–H and O–H groups in total. The third-order valence-corrected chi connectivity index (χ3v) is 4.58. The Labute approximate surface area is 164 Å². The Morgan fingerprint density at radius 1 is 1.04 bits per heavy atom. The summed E-state index contributed by atoms with van der Waals surface area (Å²) in [5.74, 6) is -0.0694. The van der Waals surface area contributed by atoms with E-state index in [1.807, 2.05) is 30.5 Å². The maximum Gasteiger partial charge on any atom is 0.325 e. The molecule has 2 rings (SSSR count). The molecule has 0 bridgehead atoms. The Bertz CT molecular complexity index is 729. The quantitative estimate of drug-likeness (QED) is 0.378. The first-order valence-corrected chi connectivity index (χ1v) is 10.1. The van der Waals surface area contributed by atoms with Gasteiger partial charge in [0.15, 0.2) is 0 Å². The van der Waals surface area contributed by atoms with Crippen molar-refractivity contribution in [2.24, 2.45) is 0 Å². The van der Waals surface area contributed by atoms with Gasteiger partial charge in [0.1, 0.15) is 18.9 Å². The topological polar surface area (TPSA) is 64.6 Å². The molecule has 0 aromatic heterocycles. The molecule has 5 nitrogen and oxygen atoms in total. The molecule has 0 aliphatic rings. The summed E-state index contributed by atoms with van der Waals surface area (Å²) in [7, 11) is 0. The molecule has 2 aromatic rings. The van der Waals surface area contributed by atoms with E-state index in [9.17, 15) is 9.59 Å². The number of unbranched alkanes of at least 4 members (excludes halogenated alkanes) is 1. The number of rotatable bonds is 10. The van der Waals surface area contributed by atoms with Crippen LogP contribution in [0.2, 0.25) is 0 Å². The van der Waals surface area contributed by atoms with Gasteiger partial charge in [-0.1, -0.05) is 25.5 Å². The van der Waals surface area contributed by atoms with Crippen molar-refractivity contribution in [2.75, 3.05) is 19.4 Å². The summed E-state index contributed by atoms with van der Waals surface area (Å²) >= 11 is 1.65. The lowest BCUT2D eigenvalue weighted by molar-refractivity contribution is -0.143. The van der Waals surface area contributed by atoms with Crippen molar-refractivity contribution in [2.45, 2.75) is 31.3 Å². The number of ether oxygens (including phenoxy) is 2. The Morgan fingerprint density at radius 3 is 2.37 bits per heavy atom. The largest absolute Gasteiger partial charge is 0.494 e. The molecule has 1 amide bonds. The molecule has 0 atom stereocenters. The van der Waals surface area contributed by atoms with Gasteiger partial charge in [-0.3, -0.25) is 9.59 Å². The average molecular weight is 388 g/mol. The zero-order valence-corrected chi connectivity index (χ0v) is 16.5. The molecular weight excluding hydrogens is 362 g/mol. The van der Waals surface area contributed by atoms with Crippen LogP contribution in [0.5, 0.6) is 5.75 Å². The van der Waals surface area contributed by atoms with Gasteiger partial charge in [-0.2, -0.15) is 0 Å². The van der Waals surface area contributed by atoms with Crippen molar-refractivity contribution in [3.05, 3.63) is 59.7 Å². The summed E-state index contributed by atoms with van der Waals surface area (Å²) in [4.78, 5) is 25.1. The Morgan fingerprint density at radius 2 is 1.74 bits per heavy atom. The summed E-state index contributed by atoms with van der Waals surface area (Å²) in [5.41, 5.74) is 1.38. The molecule has 2 aromatic carbocycles. The lowest BCUT2D eigenvalue weighted by atomic mass is 10.2. The summed E-state index contributed by atoms with van der Waals surface area (Å²) in [5, 5.41) is 2.57. The van der Waals surface area contributed by atoms with Crippen molar-refractivity contribution < 1.29 is 19.1 Å². The van der Waals surface area contributed by atoms with Crippen LogP contribution in [0.4, 0.5) is 0 Å². The van der Waals surface area contributed by atoms with E-state index in [-0.39, 0.29) is 19.1 Å². The number of amides is 1. The molecule has 27 heavy (non-hydrogen) atoms. The predicted molar refractivity (Wildman–Crippen MR) is 107 cm³/mol. The first-order chi connectivity index (χ1) is 13.1. The predicted octanol–water partition coefficient (Wildman–Crippen LogP) is 4.06. The van der Waals surface area contributed by atoms with E-state index in [0.29, 0.717) is 12.2 Å². The van der Waals surface area contributed by atoms with Gasteiger partial charge in [-0.05, 0) is 54.6 Å². The molecule has 0 spiro atoms. The lowest BCUT2D eigenvalue weighted by Crippen LogP contribution is -2.30. The first kappa shape index (κ1) is 20.8. The Balaban J connectivity index is 1.72. The van der Waals surface area contributed by atoms with Gasteiger partial charge >= 0.3 is 5.97 Å². The fourth-order valence-electron chi connectivity index (χ4n) is 2.23. The molecule has 0 saturated heterocycles. The van der Waals surface area contributed by atoms with E-state index < -0.39 is 5.97 Å². The fraction of sp³-hybridized carbons (Fsp3) is 0.333. The third-order valence-electron chi connectivity index (χ3n) is 3.84. The van der Waals surface area contributed by atoms with Crippen LogP contribution in [-0.2, 0) is 16.1 Å². The number of hydrogen-bond acceptors (Lipinski definition) is 5. The second-order valence-corrected chi connectivity index (χ2v) is 6.80. The van der Waals surface area contributed by atoms with Crippen LogP contribution in [0.1, 0.15) is 35.7 Å². The summed E-state index contributed by atoms with van der Waals surface area (Å²) in [6.07, 6.45) is 4.07. The van der Waals surface area contributed by atoms with Gasteiger partial charge in [-0.25, -0.2) is 0 Å². The van der Waals surface area contributed by atoms with Crippen LogP contribution in [0, 0.1) is 0 Å². The van der Waals surface area contributed by atoms with E-state index in [0.717, 1.165) is 29.1 Å². The molecule has 0 unspecified atom stereocenters. The van der Waals surface area contributed by atoms with Gasteiger partial charge in [0.2, 0.25) is 0 Å². The van der Waals surface area contributed by atoms with Crippen molar-refractivity contribution in [1.29, 1.82) is 0 Å². The van der Waals surface area contributed by atoms with Crippen molar-refractivity contribution in [1.82, 2.24) is 5.32 Å².